The number of piperidine rings is 1. The topological polar surface area (TPSA) is 48.4 Å². The summed E-state index contributed by atoms with van der Waals surface area (Å²) in [5.74, 6) is 0. The lowest BCUT2D eigenvalue weighted by Gasteiger charge is -2.31. The van der Waals surface area contributed by atoms with Crippen LogP contribution in [0.3, 0.4) is 0 Å². The van der Waals surface area contributed by atoms with Gasteiger partial charge in [0, 0.05) is 18.5 Å². The van der Waals surface area contributed by atoms with E-state index in [0.717, 1.165) is 62.7 Å². The molecule has 2 aliphatic rings. The zero-order chi connectivity index (χ0) is 15.7. The summed E-state index contributed by atoms with van der Waals surface area (Å²) in [4.78, 5) is 7.21. The van der Waals surface area contributed by atoms with Crippen molar-refractivity contribution >= 4 is 11.3 Å². The third kappa shape index (κ3) is 3.19. The van der Waals surface area contributed by atoms with Crippen molar-refractivity contribution in [2.75, 3.05) is 19.6 Å². The Kier molecular flexibility index (Phi) is 4.20. The van der Waals surface area contributed by atoms with Crippen LogP contribution in [0.2, 0.25) is 0 Å². The minimum atomic E-state index is -0.728. The van der Waals surface area contributed by atoms with Crippen LogP contribution in [0.1, 0.15) is 34.7 Å². The van der Waals surface area contributed by atoms with Gasteiger partial charge >= 0.3 is 0 Å². The van der Waals surface area contributed by atoms with Gasteiger partial charge in [-0.3, -0.25) is 4.90 Å². The van der Waals surface area contributed by atoms with Crippen LogP contribution in [0.25, 0.3) is 0 Å². The molecule has 4 rings (SSSR count). The highest BCUT2D eigenvalue weighted by atomic mass is 32.1. The first-order valence-corrected chi connectivity index (χ1v) is 9.28. The second-order valence-electron chi connectivity index (χ2n) is 6.64. The molecule has 1 saturated heterocycles. The van der Waals surface area contributed by atoms with Crippen LogP contribution >= 0.6 is 11.3 Å². The average molecular weight is 329 g/mol. The van der Waals surface area contributed by atoms with Crippen molar-refractivity contribution in [3.05, 3.63) is 51.5 Å². The molecule has 0 bridgehead atoms. The van der Waals surface area contributed by atoms with Gasteiger partial charge < -0.3 is 10.4 Å². The smallest absolute Gasteiger partial charge is 0.110 e. The van der Waals surface area contributed by atoms with Gasteiger partial charge in [-0.15, -0.1) is 11.3 Å². The quantitative estimate of drug-likeness (QED) is 0.907. The first-order chi connectivity index (χ1) is 11.2. The Bertz CT molecular complexity index is 678. The molecule has 0 amide bonds. The monoisotopic (exact) mass is 329 g/mol. The Morgan fingerprint density at radius 3 is 2.83 bits per heavy atom. The Hall–Kier alpha value is -1.27. The molecule has 2 aromatic rings. The van der Waals surface area contributed by atoms with E-state index in [9.17, 15) is 5.11 Å². The van der Waals surface area contributed by atoms with E-state index in [0.29, 0.717) is 0 Å². The lowest BCUT2D eigenvalue weighted by molar-refractivity contribution is 0.00222. The van der Waals surface area contributed by atoms with Crippen molar-refractivity contribution in [2.45, 2.75) is 38.0 Å². The molecule has 0 atom stereocenters. The minimum absolute atomic E-state index is 0.728. The maximum Gasteiger partial charge on any atom is 0.110 e. The molecule has 5 heteroatoms. The molecule has 4 nitrogen and oxygen atoms in total. The lowest BCUT2D eigenvalue weighted by Crippen LogP contribution is -2.40. The van der Waals surface area contributed by atoms with Gasteiger partial charge in [-0.1, -0.05) is 24.3 Å². The maximum absolute atomic E-state index is 10.8. The molecule has 23 heavy (non-hydrogen) atoms. The van der Waals surface area contributed by atoms with E-state index in [2.05, 4.69) is 39.9 Å². The van der Waals surface area contributed by atoms with Crippen molar-refractivity contribution < 1.29 is 5.11 Å². The van der Waals surface area contributed by atoms with Crippen LogP contribution in [0.5, 0.6) is 0 Å². The number of nitrogens with one attached hydrogen (secondary N) is 1. The molecule has 0 spiro atoms. The van der Waals surface area contributed by atoms with Crippen LogP contribution in [0, 0.1) is 0 Å². The van der Waals surface area contributed by atoms with E-state index < -0.39 is 5.60 Å². The summed E-state index contributed by atoms with van der Waals surface area (Å²) < 4.78 is 0. The highest BCUT2D eigenvalue weighted by Gasteiger charge is 2.33. The maximum atomic E-state index is 10.8. The zero-order valence-electron chi connectivity index (χ0n) is 13.3. The molecule has 2 N–H and O–H groups in total. The standard InChI is InChI=1S/C18H23N3OS/c22-18(6-8-19-9-7-18)16-13-23-17(20-16)12-21-10-5-14-3-1-2-4-15(14)11-21/h1-4,13,19,22H,5-12H2. The largest absolute Gasteiger partial charge is 0.383 e. The van der Waals surface area contributed by atoms with E-state index >= 15 is 0 Å². The van der Waals surface area contributed by atoms with Gasteiger partial charge in [0.15, 0.2) is 0 Å². The van der Waals surface area contributed by atoms with Crippen molar-refractivity contribution in [1.29, 1.82) is 0 Å². The van der Waals surface area contributed by atoms with E-state index in [-0.39, 0.29) is 0 Å². The molecule has 0 radical (unpaired) electrons. The second kappa shape index (κ2) is 6.32. The number of hydrogen-bond acceptors (Lipinski definition) is 5. The highest BCUT2D eigenvalue weighted by Crippen LogP contribution is 2.31. The summed E-state index contributed by atoms with van der Waals surface area (Å²) in [6.07, 6.45) is 2.63. The molecule has 122 valence electrons. The molecule has 0 unspecified atom stereocenters. The first kappa shape index (κ1) is 15.3. The number of hydrogen-bond donors (Lipinski definition) is 2. The van der Waals surface area contributed by atoms with Crippen molar-refractivity contribution in [3.8, 4) is 0 Å². The van der Waals surface area contributed by atoms with Crippen molar-refractivity contribution in [1.82, 2.24) is 15.2 Å². The van der Waals surface area contributed by atoms with E-state index in [1.54, 1.807) is 11.3 Å². The Balaban J connectivity index is 1.44. The van der Waals surface area contributed by atoms with Gasteiger partial charge in [-0.05, 0) is 43.5 Å². The number of thiazole rings is 1. The Labute approximate surface area is 141 Å². The van der Waals surface area contributed by atoms with E-state index in [4.69, 9.17) is 4.98 Å². The lowest BCUT2D eigenvalue weighted by atomic mass is 9.90. The summed E-state index contributed by atoms with van der Waals surface area (Å²) in [6.45, 7) is 4.70. The number of aliphatic hydroxyl groups is 1. The fourth-order valence-electron chi connectivity index (χ4n) is 3.57. The minimum Gasteiger partial charge on any atom is -0.383 e. The second-order valence-corrected chi connectivity index (χ2v) is 7.58. The van der Waals surface area contributed by atoms with Gasteiger partial charge in [-0.25, -0.2) is 4.98 Å². The van der Waals surface area contributed by atoms with Crippen LogP contribution in [-0.4, -0.2) is 34.6 Å². The van der Waals surface area contributed by atoms with Crippen LogP contribution in [0.4, 0.5) is 0 Å². The van der Waals surface area contributed by atoms with Gasteiger partial charge in [0.25, 0.3) is 0 Å². The SMILES string of the molecule is OC1(c2csc(CN3CCc4ccccc4C3)n2)CCNCC1. The number of fused-ring (bicyclic) bond motifs is 1. The summed E-state index contributed by atoms with van der Waals surface area (Å²) in [5.41, 5.74) is 3.06. The number of benzene rings is 1. The van der Waals surface area contributed by atoms with Gasteiger partial charge in [0.2, 0.25) is 0 Å². The van der Waals surface area contributed by atoms with Crippen LogP contribution in [0.15, 0.2) is 29.6 Å². The van der Waals surface area contributed by atoms with Crippen LogP contribution in [-0.2, 0) is 25.1 Å². The zero-order valence-corrected chi connectivity index (χ0v) is 14.1. The average Bonchev–Trinajstić information content (AvgIpc) is 3.05. The summed E-state index contributed by atoms with van der Waals surface area (Å²) in [6, 6.07) is 8.71. The molecule has 0 saturated carbocycles. The fourth-order valence-corrected chi connectivity index (χ4v) is 4.50. The molecule has 3 heterocycles. The highest BCUT2D eigenvalue weighted by molar-refractivity contribution is 7.09. The summed E-state index contributed by atoms with van der Waals surface area (Å²) in [5, 5.41) is 17.3. The van der Waals surface area contributed by atoms with Gasteiger partial charge in [0.1, 0.15) is 10.6 Å². The predicted octanol–water partition coefficient (Wildman–Crippen LogP) is 2.27. The Morgan fingerprint density at radius 2 is 2.00 bits per heavy atom. The van der Waals surface area contributed by atoms with E-state index in [1.165, 1.54) is 11.1 Å². The first-order valence-electron chi connectivity index (χ1n) is 8.40. The summed E-state index contributed by atoms with van der Waals surface area (Å²) >= 11 is 1.68. The van der Waals surface area contributed by atoms with E-state index in [1.807, 2.05) is 0 Å². The molecular formula is C18H23N3OS. The Morgan fingerprint density at radius 1 is 1.22 bits per heavy atom. The molecular weight excluding hydrogens is 306 g/mol. The molecule has 2 aliphatic heterocycles. The number of rotatable bonds is 3. The number of aromatic nitrogens is 1. The van der Waals surface area contributed by atoms with Crippen molar-refractivity contribution in [3.63, 3.8) is 0 Å². The van der Waals surface area contributed by atoms with Gasteiger partial charge in [-0.2, -0.15) is 0 Å². The van der Waals surface area contributed by atoms with Crippen molar-refractivity contribution in [2.24, 2.45) is 0 Å². The molecule has 1 fully saturated rings. The fraction of sp³-hybridized carbons (Fsp3) is 0.500. The molecule has 1 aromatic heterocycles. The van der Waals surface area contributed by atoms with Crippen LogP contribution < -0.4 is 5.32 Å². The number of nitrogens with zero attached hydrogens (tertiary/aromatic N) is 2. The third-order valence-electron chi connectivity index (χ3n) is 5.03. The third-order valence-corrected chi connectivity index (χ3v) is 5.86. The predicted molar refractivity (Wildman–Crippen MR) is 92.4 cm³/mol. The summed E-state index contributed by atoms with van der Waals surface area (Å²) in [7, 11) is 0. The normalized spacial score (nSPS) is 21.1. The molecule has 1 aromatic carbocycles. The van der Waals surface area contributed by atoms with Gasteiger partial charge in [0.05, 0.1) is 12.2 Å². The molecule has 0 aliphatic carbocycles.